The van der Waals surface area contributed by atoms with Crippen molar-refractivity contribution in [2.45, 2.75) is 32.2 Å². The van der Waals surface area contributed by atoms with Gasteiger partial charge in [0.15, 0.2) is 0 Å². The summed E-state index contributed by atoms with van der Waals surface area (Å²) in [7, 11) is 0. The van der Waals surface area contributed by atoms with Gasteiger partial charge in [0.25, 0.3) is 0 Å². The van der Waals surface area contributed by atoms with Crippen LogP contribution in [0.3, 0.4) is 0 Å². The van der Waals surface area contributed by atoms with Gasteiger partial charge in [-0.2, -0.15) is 0 Å². The third-order valence-corrected chi connectivity index (χ3v) is 4.29. The van der Waals surface area contributed by atoms with Crippen LogP contribution in [0.5, 0.6) is 5.75 Å². The van der Waals surface area contributed by atoms with Crippen LogP contribution in [0.1, 0.15) is 36.9 Å². The van der Waals surface area contributed by atoms with E-state index in [0.29, 0.717) is 6.04 Å². The molecule has 2 aromatic carbocycles. The van der Waals surface area contributed by atoms with Crippen LogP contribution in [0.2, 0.25) is 0 Å². The average molecular weight is 295 g/mol. The molecule has 1 atom stereocenters. The lowest BCUT2D eigenvalue weighted by molar-refractivity contribution is 0.315. The van der Waals surface area contributed by atoms with Gasteiger partial charge in [-0.15, -0.1) is 0 Å². The molecule has 2 heteroatoms. The number of benzene rings is 2. The van der Waals surface area contributed by atoms with E-state index in [1.54, 1.807) is 0 Å². The van der Waals surface area contributed by atoms with Gasteiger partial charge in [-0.05, 0) is 43.9 Å². The summed E-state index contributed by atoms with van der Waals surface area (Å²) >= 11 is 0. The quantitative estimate of drug-likeness (QED) is 0.781. The molecule has 0 bridgehead atoms. The summed E-state index contributed by atoms with van der Waals surface area (Å²) in [6.45, 7) is 4.07. The van der Waals surface area contributed by atoms with E-state index < -0.39 is 0 Å². The molecular formula is C20H25NO. The lowest BCUT2D eigenvalue weighted by Gasteiger charge is -2.18. The van der Waals surface area contributed by atoms with Crippen LogP contribution in [0.15, 0.2) is 54.6 Å². The van der Waals surface area contributed by atoms with Crippen LogP contribution in [-0.2, 0) is 6.42 Å². The van der Waals surface area contributed by atoms with E-state index >= 15 is 0 Å². The first-order valence-electron chi connectivity index (χ1n) is 8.32. The first kappa shape index (κ1) is 15.1. The second kappa shape index (κ2) is 7.46. The molecule has 0 saturated heterocycles. The van der Waals surface area contributed by atoms with E-state index in [4.69, 9.17) is 4.74 Å². The molecule has 3 rings (SSSR count). The summed E-state index contributed by atoms with van der Waals surface area (Å²) in [6, 6.07) is 19.2. The lowest BCUT2D eigenvalue weighted by atomic mass is 10.1. The minimum atomic E-state index is 0.341. The van der Waals surface area contributed by atoms with Crippen molar-refractivity contribution in [1.82, 2.24) is 5.32 Å². The number of nitrogens with one attached hydrogen (secondary N) is 1. The largest absolute Gasteiger partial charge is 0.493 e. The van der Waals surface area contributed by atoms with Gasteiger partial charge in [-0.25, -0.2) is 0 Å². The molecule has 1 fully saturated rings. The van der Waals surface area contributed by atoms with Crippen molar-refractivity contribution in [2.24, 2.45) is 5.92 Å². The van der Waals surface area contributed by atoms with Crippen molar-refractivity contribution in [1.29, 1.82) is 0 Å². The normalized spacial score (nSPS) is 15.5. The Hall–Kier alpha value is -1.80. The smallest absolute Gasteiger partial charge is 0.124 e. The summed E-state index contributed by atoms with van der Waals surface area (Å²) in [4.78, 5) is 0. The monoisotopic (exact) mass is 295 g/mol. The van der Waals surface area contributed by atoms with Gasteiger partial charge >= 0.3 is 0 Å². The Balaban J connectivity index is 1.55. The van der Waals surface area contributed by atoms with Crippen LogP contribution in [0.25, 0.3) is 0 Å². The van der Waals surface area contributed by atoms with Crippen LogP contribution in [0.4, 0.5) is 0 Å². The van der Waals surface area contributed by atoms with Crippen molar-refractivity contribution in [3.05, 3.63) is 65.7 Å². The highest BCUT2D eigenvalue weighted by Crippen LogP contribution is 2.30. The van der Waals surface area contributed by atoms with Gasteiger partial charge < -0.3 is 10.1 Å². The molecule has 0 spiro atoms. The molecule has 2 nitrogen and oxygen atoms in total. The molecule has 1 aliphatic carbocycles. The molecule has 1 aliphatic rings. The fourth-order valence-corrected chi connectivity index (χ4v) is 2.67. The second-order valence-corrected chi connectivity index (χ2v) is 6.20. The zero-order valence-electron chi connectivity index (χ0n) is 13.3. The highest BCUT2D eigenvalue weighted by Gasteiger charge is 2.22. The summed E-state index contributed by atoms with van der Waals surface area (Å²) in [5.41, 5.74) is 2.58. The SMILES string of the molecule is CC(NCC1CC1)c1ccccc1OCCc1ccccc1. The van der Waals surface area contributed by atoms with Gasteiger partial charge in [0.05, 0.1) is 6.61 Å². The summed E-state index contributed by atoms with van der Waals surface area (Å²) in [5.74, 6) is 1.91. The number of rotatable bonds is 8. The third kappa shape index (κ3) is 4.35. The molecule has 116 valence electrons. The fraction of sp³-hybridized carbons (Fsp3) is 0.400. The van der Waals surface area contributed by atoms with Crippen LogP contribution in [-0.4, -0.2) is 13.2 Å². The first-order chi connectivity index (χ1) is 10.8. The summed E-state index contributed by atoms with van der Waals surface area (Å²) < 4.78 is 6.04. The number of hydrogen-bond acceptors (Lipinski definition) is 2. The molecule has 0 radical (unpaired) electrons. The Morgan fingerprint density at radius 2 is 1.77 bits per heavy atom. The second-order valence-electron chi connectivity index (χ2n) is 6.20. The van der Waals surface area contributed by atoms with E-state index in [0.717, 1.165) is 31.2 Å². The molecule has 0 heterocycles. The maximum absolute atomic E-state index is 6.04. The van der Waals surface area contributed by atoms with E-state index in [2.05, 4.69) is 60.8 Å². The maximum atomic E-state index is 6.04. The predicted octanol–water partition coefficient (Wildman–Crippen LogP) is 4.37. The Bertz CT molecular complexity index is 577. The Morgan fingerprint density at radius 3 is 2.55 bits per heavy atom. The van der Waals surface area contributed by atoms with Gasteiger partial charge in [0, 0.05) is 18.0 Å². The van der Waals surface area contributed by atoms with Crippen molar-refractivity contribution >= 4 is 0 Å². The van der Waals surface area contributed by atoms with Crippen LogP contribution in [0, 0.1) is 5.92 Å². The summed E-state index contributed by atoms with van der Waals surface area (Å²) in [5, 5.41) is 3.63. The molecule has 1 unspecified atom stereocenters. The Labute approximate surface area is 133 Å². The third-order valence-electron chi connectivity index (χ3n) is 4.29. The van der Waals surface area contributed by atoms with Gasteiger partial charge in [0.2, 0.25) is 0 Å². The van der Waals surface area contributed by atoms with Crippen LogP contribution < -0.4 is 10.1 Å². The molecular weight excluding hydrogens is 270 g/mol. The van der Waals surface area contributed by atoms with E-state index in [1.807, 2.05) is 6.07 Å². The zero-order chi connectivity index (χ0) is 15.2. The minimum absolute atomic E-state index is 0.341. The zero-order valence-corrected chi connectivity index (χ0v) is 13.3. The Morgan fingerprint density at radius 1 is 1.05 bits per heavy atom. The molecule has 0 aromatic heterocycles. The highest BCUT2D eigenvalue weighted by atomic mass is 16.5. The molecule has 1 N–H and O–H groups in total. The number of ether oxygens (including phenoxy) is 1. The molecule has 0 aliphatic heterocycles. The number of para-hydroxylation sites is 1. The van der Waals surface area contributed by atoms with Crippen molar-refractivity contribution < 1.29 is 4.74 Å². The van der Waals surface area contributed by atoms with Crippen molar-refractivity contribution in [3.63, 3.8) is 0 Å². The molecule has 2 aromatic rings. The standard InChI is InChI=1S/C20H25NO/c1-16(21-15-18-11-12-18)19-9-5-6-10-20(19)22-14-13-17-7-3-2-4-8-17/h2-10,16,18,21H,11-15H2,1H3. The highest BCUT2D eigenvalue weighted by molar-refractivity contribution is 5.35. The molecule has 1 saturated carbocycles. The fourth-order valence-electron chi connectivity index (χ4n) is 2.67. The number of hydrogen-bond donors (Lipinski definition) is 1. The van der Waals surface area contributed by atoms with E-state index in [1.165, 1.54) is 24.0 Å². The minimum Gasteiger partial charge on any atom is -0.493 e. The predicted molar refractivity (Wildman–Crippen MR) is 91.2 cm³/mol. The first-order valence-corrected chi connectivity index (χ1v) is 8.32. The van der Waals surface area contributed by atoms with Crippen LogP contribution >= 0.6 is 0 Å². The molecule has 22 heavy (non-hydrogen) atoms. The van der Waals surface area contributed by atoms with Crippen molar-refractivity contribution in [3.8, 4) is 5.75 Å². The van der Waals surface area contributed by atoms with Gasteiger partial charge in [0.1, 0.15) is 5.75 Å². The average Bonchev–Trinajstić information content (AvgIpc) is 3.38. The van der Waals surface area contributed by atoms with E-state index in [9.17, 15) is 0 Å². The Kier molecular flexibility index (Phi) is 5.12. The summed E-state index contributed by atoms with van der Waals surface area (Å²) in [6.07, 6.45) is 3.71. The molecule has 0 amide bonds. The topological polar surface area (TPSA) is 21.3 Å². The van der Waals surface area contributed by atoms with E-state index in [-0.39, 0.29) is 0 Å². The lowest BCUT2D eigenvalue weighted by Crippen LogP contribution is -2.21. The van der Waals surface area contributed by atoms with Gasteiger partial charge in [-0.1, -0.05) is 48.5 Å². The maximum Gasteiger partial charge on any atom is 0.124 e. The van der Waals surface area contributed by atoms with Crippen molar-refractivity contribution in [2.75, 3.05) is 13.2 Å². The van der Waals surface area contributed by atoms with Gasteiger partial charge in [-0.3, -0.25) is 0 Å².